The Morgan fingerprint density at radius 3 is 2.85 bits per heavy atom. The number of hydrogen-bond acceptors (Lipinski definition) is 5. The third-order valence-corrected chi connectivity index (χ3v) is 6.86. The van der Waals surface area contributed by atoms with Crippen molar-refractivity contribution >= 4 is 11.6 Å². The van der Waals surface area contributed by atoms with E-state index in [1.165, 1.54) is 11.3 Å². The van der Waals surface area contributed by atoms with Gasteiger partial charge in [0.15, 0.2) is 5.69 Å². The molecule has 3 aromatic rings. The van der Waals surface area contributed by atoms with E-state index in [4.69, 9.17) is 4.74 Å². The van der Waals surface area contributed by atoms with Crippen molar-refractivity contribution in [3.8, 4) is 17.0 Å². The Bertz CT molecular complexity index is 1190. The number of aryl methyl sites for hydroxylation is 2. The molecule has 2 aliphatic heterocycles. The van der Waals surface area contributed by atoms with Crippen LogP contribution in [0.4, 0.5) is 5.69 Å². The average molecular weight is 460 g/mol. The number of anilines is 1. The van der Waals surface area contributed by atoms with Gasteiger partial charge in [0.05, 0.1) is 5.69 Å². The second-order valence-corrected chi connectivity index (χ2v) is 9.38. The van der Waals surface area contributed by atoms with Crippen LogP contribution in [0.1, 0.15) is 35.0 Å². The quantitative estimate of drug-likeness (QED) is 0.571. The van der Waals surface area contributed by atoms with Crippen molar-refractivity contribution in [3.63, 3.8) is 0 Å². The zero-order valence-electron chi connectivity index (χ0n) is 20.3. The minimum Gasteiger partial charge on any atom is -0.488 e. The zero-order valence-corrected chi connectivity index (χ0v) is 20.3. The molecule has 0 aliphatic carbocycles. The second kappa shape index (κ2) is 9.50. The summed E-state index contributed by atoms with van der Waals surface area (Å²) in [7, 11) is 1.88. The Morgan fingerprint density at radius 1 is 1.18 bits per heavy atom. The van der Waals surface area contributed by atoms with Crippen LogP contribution in [0.3, 0.4) is 0 Å². The molecule has 1 N–H and O–H groups in total. The molecule has 0 radical (unpaired) electrons. The number of piperazine rings is 1. The number of ether oxygens (including phenoxy) is 1. The third-order valence-electron chi connectivity index (χ3n) is 6.86. The highest BCUT2D eigenvalue weighted by Crippen LogP contribution is 2.38. The first kappa shape index (κ1) is 22.5. The van der Waals surface area contributed by atoms with Crippen molar-refractivity contribution in [1.82, 2.24) is 20.0 Å². The van der Waals surface area contributed by atoms with Gasteiger partial charge in [-0.25, -0.2) is 0 Å². The highest BCUT2D eigenvalue weighted by atomic mass is 16.5. The number of fused-ring (bicyclic) bond motifs is 3. The van der Waals surface area contributed by atoms with E-state index in [0.717, 1.165) is 55.2 Å². The molecule has 178 valence electrons. The summed E-state index contributed by atoms with van der Waals surface area (Å²) in [5.74, 6) is 0.708. The van der Waals surface area contributed by atoms with Crippen LogP contribution in [0.15, 0.2) is 48.5 Å². The lowest BCUT2D eigenvalue weighted by molar-refractivity contribution is 0.0943. The van der Waals surface area contributed by atoms with Gasteiger partial charge < -0.3 is 15.0 Å². The molecular formula is C27H33N5O2. The Labute approximate surface area is 201 Å². The molecule has 7 nitrogen and oxygen atoms in total. The zero-order chi connectivity index (χ0) is 23.7. The summed E-state index contributed by atoms with van der Waals surface area (Å²) in [6.45, 7) is 9.51. The first-order chi connectivity index (χ1) is 16.5. The molecular weight excluding hydrogens is 426 g/mol. The van der Waals surface area contributed by atoms with E-state index in [1.807, 2.05) is 31.3 Å². The number of aromatic nitrogens is 2. The topological polar surface area (TPSA) is 62.6 Å². The molecule has 2 aromatic carbocycles. The standard InChI is InChI=1S/C27H33N5O2/c1-19-8-6-9-21(16-19)32-15-14-31(17-20(32)2)13-7-12-28-27(33)25-23-18-34-24-11-5-4-10-22(24)26(23)30(3)29-25/h4-6,8-11,16,20H,7,12-15,17-18H2,1-3H3,(H,28,33). The Balaban J connectivity index is 1.13. The lowest BCUT2D eigenvalue weighted by atomic mass is 10.0. The van der Waals surface area contributed by atoms with Gasteiger partial charge in [0, 0.05) is 56.1 Å². The van der Waals surface area contributed by atoms with Crippen molar-refractivity contribution in [2.24, 2.45) is 7.05 Å². The molecule has 3 heterocycles. The average Bonchev–Trinajstić information content (AvgIpc) is 3.19. The largest absolute Gasteiger partial charge is 0.488 e. The van der Waals surface area contributed by atoms with E-state index in [2.05, 4.69) is 58.3 Å². The summed E-state index contributed by atoms with van der Waals surface area (Å²) in [6, 6.07) is 17.1. The van der Waals surface area contributed by atoms with Gasteiger partial charge in [-0.3, -0.25) is 14.4 Å². The van der Waals surface area contributed by atoms with Crippen molar-refractivity contribution in [2.75, 3.05) is 37.6 Å². The van der Waals surface area contributed by atoms with Gasteiger partial charge in [-0.1, -0.05) is 24.3 Å². The highest BCUT2D eigenvalue weighted by molar-refractivity contribution is 5.96. The first-order valence-corrected chi connectivity index (χ1v) is 12.1. The van der Waals surface area contributed by atoms with Crippen molar-refractivity contribution < 1.29 is 9.53 Å². The maximum Gasteiger partial charge on any atom is 0.272 e. The van der Waals surface area contributed by atoms with Gasteiger partial charge >= 0.3 is 0 Å². The molecule has 2 aliphatic rings. The number of hydrogen-bond donors (Lipinski definition) is 1. The van der Waals surface area contributed by atoms with Crippen LogP contribution in [0.2, 0.25) is 0 Å². The number of rotatable bonds is 6. The SMILES string of the molecule is Cc1cccc(N2CCN(CCCNC(=O)c3nn(C)c4c3COc3ccccc3-4)CC2C)c1. The minimum absolute atomic E-state index is 0.127. The molecule has 1 aromatic heterocycles. The molecule has 1 fully saturated rings. The molecule has 1 saturated heterocycles. The minimum atomic E-state index is -0.127. The number of nitrogens with zero attached hydrogens (tertiary/aromatic N) is 4. The number of para-hydroxylation sites is 1. The summed E-state index contributed by atoms with van der Waals surface area (Å²) >= 11 is 0. The Morgan fingerprint density at radius 2 is 2.03 bits per heavy atom. The van der Waals surface area contributed by atoms with Gasteiger partial charge in [0.2, 0.25) is 0 Å². The van der Waals surface area contributed by atoms with E-state index < -0.39 is 0 Å². The summed E-state index contributed by atoms with van der Waals surface area (Å²) in [6.07, 6.45) is 0.914. The molecule has 7 heteroatoms. The second-order valence-electron chi connectivity index (χ2n) is 9.38. The lowest BCUT2D eigenvalue weighted by Gasteiger charge is -2.41. The third kappa shape index (κ3) is 4.40. The van der Waals surface area contributed by atoms with Crippen LogP contribution in [0.25, 0.3) is 11.3 Å². The molecule has 0 saturated carbocycles. The van der Waals surface area contributed by atoms with Crippen LogP contribution in [-0.4, -0.2) is 59.4 Å². The van der Waals surface area contributed by atoms with Gasteiger partial charge in [-0.15, -0.1) is 0 Å². The number of carbonyl (C=O) groups excluding carboxylic acids is 1. The van der Waals surface area contributed by atoms with Gasteiger partial charge in [0.25, 0.3) is 5.91 Å². The van der Waals surface area contributed by atoms with Crippen molar-refractivity contribution in [3.05, 3.63) is 65.4 Å². The van der Waals surface area contributed by atoms with Gasteiger partial charge in [-0.05, 0) is 56.6 Å². The molecule has 1 atom stereocenters. The predicted octanol–water partition coefficient (Wildman–Crippen LogP) is 3.62. The van der Waals surface area contributed by atoms with E-state index >= 15 is 0 Å². The maximum atomic E-state index is 12.9. The molecule has 0 bridgehead atoms. The summed E-state index contributed by atoms with van der Waals surface area (Å²) < 4.78 is 7.66. The Kier molecular flexibility index (Phi) is 6.28. The normalized spacial score (nSPS) is 17.6. The van der Waals surface area contributed by atoms with Crippen LogP contribution < -0.4 is 15.0 Å². The molecule has 5 rings (SSSR count). The predicted molar refractivity (Wildman–Crippen MR) is 134 cm³/mol. The smallest absolute Gasteiger partial charge is 0.272 e. The van der Waals surface area contributed by atoms with Gasteiger partial charge in [-0.2, -0.15) is 5.10 Å². The van der Waals surface area contributed by atoms with E-state index in [1.54, 1.807) is 4.68 Å². The monoisotopic (exact) mass is 459 g/mol. The number of benzene rings is 2. The number of amides is 1. The molecule has 1 amide bonds. The summed E-state index contributed by atoms with van der Waals surface area (Å²) in [5.41, 5.74) is 5.88. The fraction of sp³-hybridized carbons (Fsp3) is 0.407. The fourth-order valence-corrected chi connectivity index (χ4v) is 5.18. The molecule has 34 heavy (non-hydrogen) atoms. The van der Waals surface area contributed by atoms with E-state index in [0.29, 0.717) is 24.9 Å². The van der Waals surface area contributed by atoms with Gasteiger partial charge in [0.1, 0.15) is 12.4 Å². The number of nitrogens with one attached hydrogen (secondary N) is 1. The lowest BCUT2D eigenvalue weighted by Crippen LogP contribution is -2.52. The van der Waals surface area contributed by atoms with Crippen LogP contribution in [0.5, 0.6) is 5.75 Å². The summed E-state index contributed by atoms with van der Waals surface area (Å²) in [4.78, 5) is 17.9. The van der Waals surface area contributed by atoms with Crippen LogP contribution in [0, 0.1) is 6.92 Å². The van der Waals surface area contributed by atoms with Crippen molar-refractivity contribution in [1.29, 1.82) is 0 Å². The first-order valence-electron chi connectivity index (χ1n) is 12.1. The highest BCUT2D eigenvalue weighted by Gasteiger charge is 2.28. The molecule has 1 unspecified atom stereocenters. The number of carbonyl (C=O) groups is 1. The van der Waals surface area contributed by atoms with Crippen LogP contribution in [-0.2, 0) is 13.7 Å². The maximum absolute atomic E-state index is 12.9. The Hall–Kier alpha value is -3.32. The van der Waals surface area contributed by atoms with Crippen molar-refractivity contribution in [2.45, 2.75) is 32.9 Å². The van der Waals surface area contributed by atoms with E-state index in [9.17, 15) is 4.79 Å². The summed E-state index contributed by atoms with van der Waals surface area (Å²) in [5, 5.41) is 7.59. The fourth-order valence-electron chi connectivity index (χ4n) is 5.18. The molecule has 0 spiro atoms. The van der Waals surface area contributed by atoms with E-state index in [-0.39, 0.29) is 5.91 Å². The van der Waals surface area contributed by atoms with Crippen LogP contribution >= 0.6 is 0 Å².